The summed E-state index contributed by atoms with van der Waals surface area (Å²) in [6.07, 6.45) is 5.50. The van der Waals surface area contributed by atoms with Gasteiger partial charge >= 0.3 is 0 Å². The van der Waals surface area contributed by atoms with Crippen LogP contribution >= 0.6 is 11.6 Å². The van der Waals surface area contributed by atoms with Crippen LogP contribution in [0.4, 0.5) is 0 Å². The number of rotatable bonds is 8. The van der Waals surface area contributed by atoms with E-state index >= 15 is 0 Å². The molecule has 0 bridgehead atoms. The van der Waals surface area contributed by atoms with Gasteiger partial charge in [-0.3, -0.25) is 14.4 Å². The molecule has 1 aliphatic carbocycles. The van der Waals surface area contributed by atoms with Gasteiger partial charge in [0.25, 0.3) is 11.8 Å². The summed E-state index contributed by atoms with van der Waals surface area (Å²) in [4.78, 5) is 35.0. The van der Waals surface area contributed by atoms with Crippen LogP contribution in [0, 0.1) is 5.92 Å². The first-order valence-electron chi connectivity index (χ1n) is 12.2. The predicted molar refractivity (Wildman–Crippen MR) is 141 cm³/mol. The standard InChI is InChI=1S/C30H27ClN2O4/c31-23-16-15-22(17-23)28-27(29(35)32-37-19-20-9-3-1-4-10-20)24-13-7-8-14-25(24)30(36)33(28)26(18-34)21-11-5-2-6-12-21/h1-17,22,26-28,34H,18-19H2,(H,32,35)/t22?,26-,27-,28?/m1/s1. The maximum atomic E-state index is 14.0. The van der Waals surface area contributed by atoms with Crippen molar-refractivity contribution in [2.45, 2.75) is 24.6 Å². The SMILES string of the molecule is O=C(NOCc1ccccc1)[C@@H]1c2ccccc2C(=O)N([C@H](CO)c2ccccc2)C1C1C=CC(Cl)=C1. The molecule has 2 amide bonds. The maximum absolute atomic E-state index is 14.0. The molecule has 0 spiro atoms. The summed E-state index contributed by atoms with van der Waals surface area (Å²) >= 11 is 6.32. The van der Waals surface area contributed by atoms with Gasteiger partial charge in [0.15, 0.2) is 0 Å². The smallest absolute Gasteiger partial charge is 0.255 e. The summed E-state index contributed by atoms with van der Waals surface area (Å²) in [6, 6.07) is 24.7. The molecule has 2 aliphatic rings. The highest BCUT2D eigenvalue weighted by Gasteiger charge is 2.48. The fourth-order valence-electron chi connectivity index (χ4n) is 5.20. The van der Waals surface area contributed by atoms with Crippen LogP contribution in [-0.2, 0) is 16.2 Å². The number of fused-ring (bicyclic) bond motifs is 1. The lowest BCUT2D eigenvalue weighted by molar-refractivity contribution is -0.138. The van der Waals surface area contributed by atoms with Crippen molar-refractivity contribution in [2.24, 2.45) is 5.92 Å². The number of aliphatic hydroxyl groups is 1. The topological polar surface area (TPSA) is 78.9 Å². The zero-order chi connectivity index (χ0) is 25.8. The summed E-state index contributed by atoms with van der Waals surface area (Å²) in [6.45, 7) is -0.103. The number of carbonyl (C=O) groups is 2. The third kappa shape index (κ3) is 5.09. The van der Waals surface area contributed by atoms with Crippen LogP contribution in [0.25, 0.3) is 0 Å². The van der Waals surface area contributed by atoms with E-state index in [4.69, 9.17) is 16.4 Å². The summed E-state index contributed by atoms with van der Waals surface area (Å²) in [5, 5.41) is 11.1. The molecular formula is C30H27ClN2O4. The predicted octanol–water partition coefficient (Wildman–Crippen LogP) is 4.88. The molecule has 0 aromatic heterocycles. The molecule has 188 valence electrons. The number of carbonyl (C=O) groups excluding carboxylic acids is 2. The molecule has 1 aliphatic heterocycles. The number of hydrogen-bond donors (Lipinski definition) is 2. The summed E-state index contributed by atoms with van der Waals surface area (Å²) in [5.41, 5.74) is 5.35. The van der Waals surface area contributed by atoms with Crippen molar-refractivity contribution in [1.29, 1.82) is 0 Å². The van der Waals surface area contributed by atoms with E-state index in [-0.39, 0.29) is 30.9 Å². The molecule has 0 saturated heterocycles. The second-order valence-electron chi connectivity index (χ2n) is 9.11. The first-order valence-corrected chi connectivity index (χ1v) is 12.5. The van der Waals surface area contributed by atoms with Gasteiger partial charge in [-0.15, -0.1) is 0 Å². The fraction of sp³-hybridized carbons (Fsp3) is 0.200. The number of benzene rings is 3. The molecule has 0 fully saturated rings. The van der Waals surface area contributed by atoms with Crippen molar-refractivity contribution < 1.29 is 19.5 Å². The summed E-state index contributed by atoms with van der Waals surface area (Å²) in [5.74, 6) is -1.73. The molecule has 5 rings (SSSR count). The van der Waals surface area contributed by atoms with Crippen LogP contribution in [0.1, 0.15) is 39.0 Å². The highest BCUT2D eigenvalue weighted by Crippen LogP contribution is 2.43. The number of nitrogens with one attached hydrogen (secondary N) is 1. The van der Waals surface area contributed by atoms with Crippen molar-refractivity contribution in [3.63, 3.8) is 0 Å². The van der Waals surface area contributed by atoms with Crippen LogP contribution < -0.4 is 5.48 Å². The number of halogens is 1. The van der Waals surface area contributed by atoms with Crippen molar-refractivity contribution in [3.05, 3.63) is 130 Å². The van der Waals surface area contributed by atoms with Crippen molar-refractivity contribution in [3.8, 4) is 0 Å². The highest BCUT2D eigenvalue weighted by atomic mass is 35.5. The molecule has 4 atom stereocenters. The average Bonchev–Trinajstić information content (AvgIpc) is 3.37. The monoisotopic (exact) mass is 514 g/mol. The van der Waals surface area contributed by atoms with Crippen LogP contribution in [0.2, 0.25) is 0 Å². The molecule has 3 aromatic carbocycles. The Morgan fingerprint density at radius 3 is 2.35 bits per heavy atom. The number of hydrogen-bond acceptors (Lipinski definition) is 4. The lowest BCUT2D eigenvalue weighted by Crippen LogP contribution is -2.56. The minimum Gasteiger partial charge on any atom is -0.394 e. The first kappa shape index (κ1) is 25.0. The Bertz CT molecular complexity index is 1330. The quantitative estimate of drug-likeness (QED) is 0.420. The zero-order valence-electron chi connectivity index (χ0n) is 20.0. The molecule has 0 saturated carbocycles. The van der Waals surface area contributed by atoms with E-state index in [9.17, 15) is 14.7 Å². The molecule has 1 heterocycles. The lowest BCUT2D eigenvalue weighted by Gasteiger charge is -2.46. The molecule has 3 aromatic rings. The van der Waals surface area contributed by atoms with Gasteiger partial charge in [-0.2, -0.15) is 0 Å². The van der Waals surface area contributed by atoms with Gasteiger partial charge in [0.1, 0.15) is 0 Å². The van der Waals surface area contributed by atoms with Gasteiger partial charge in [-0.1, -0.05) is 103 Å². The van der Waals surface area contributed by atoms with Gasteiger partial charge in [0, 0.05) is 16.5 Å². The Morgan fingerprint density at radius 1 is 1.00 bits per heavy atom. The van der Waals surface area contributed by atoms with E-state index in [2.05, 4.69) is 5.48 Å². The van der Waals surface area contributed by atoms with E-state index in [1.165, 1.54) is 0 Å². The van der Waals surface area contributed by atoms with Crippen molar-refractivity contribution in [2.75, 3.05) is 6.61 Å². The van der Waals surface area contributed by atoms with Crippen LogP contribution in [0.15, 0.2) is 108 Å². The summed E-state index contributed by atoms with van der Waals surface area (Å²) in [7, 11) is 0. The minimum atomic E-state index is -0.768. The molecule has 2 N–H and O–H groups in total. The van der Waals surface area contributed by atoms with Crippen LogP contribution in [-0.4, -0.2) is 34.5 Å². The Morgan fingerprint density at radius 2 is 1.68 bits per heavy atom. The van der Waals surface area contributed by atoms with Gasteiger partial charge < -0.3 is 10.0 Å². The second kappa shape index (κ2) is 11.1. The average molecular weight is 515 g/mol. The Balaban J connectivity index is 1.55. The van der Waals surface area contributed by atoms with Gasteiger partial charge in [-0.25, -0.2) is 5.48 Å². The Kier molecular flexibility index (Phi) is 7.51. The third-order valence-electron chi connectivity index (χ3n) is 6.88. The minimum absolute atomic E-state index is 0.201. The van der Waals surface area contributed by atoms with Gasteiger partial charge in [-0.05, 0) is 28.8 Å². The zero-order valence-corrected chi connectivity index (χ0v) is 20.8. The summed E-state index contributed by atoms with van der Waals surface area (Å²) < 4.78 is 0. The highest BCUT2D eigenvalue weighted by molar-refractivity contribution is 6.31. The van der Waals surface area contributed by atoms with Gasteiger partial charge in [0.05, 0.1) is 31.2 Å². The van der Waals surface area contributed by atoms with E-state index in [0.717, 1.165) is 11.1 Å². The molecule has 6 nitrogen and oxygen atoms in total. The van der Waals surface area contributed by atoms with Gasteiger partial charge in [0.2, 0.25) is 0 Å². The number of amides is 2. The molecular weight excluding hydrogens is 488 g/mol. The first-order chi connectivity index (χ1) is 18.1. The molecule has 37 heavy (non-hydrogen) atoms. The number of hydroxylamine groups is 1. The Hall–Kier alpha value is -3.71. The van der Waals surface area contributed by atoms with Crippen LogP contribution in [0.5, 0.6) is 0 Å². The van der Waals surface area contributed by atoms with Crippen molar-refractivity contribution >= 4 is 23.4 Å². The molecule has 7 heteroatoms. The lowest BCUT2D eigenvalue weighted by atomic mass is 9.76. The van der Waals surface area contributed by atoms with E-state index < -0.39 is 18.0 Å². The Labute approximate surface area is 220 Å². The molecule has 0 radical (unpaired) electrons. The third-order valence-corrected chi connectivity index (χ3v) is 7.13. The van der Waals surface area contributed by atoms with E-state index in [0.29, 0.717) is 16.2 Å². The fourth-order valence-corrected chi connectivity index (χ4v) is 5.42. The van der Waals surface area contributed by atoms with Crippen molar-refractivity contribution in [1.82, 2.24) is 10.4 Å². The van der Waals surface area contributed by atoms with E-state index in [1.54, 1.807) is 29.2 Å². The normalized spacial score (nSPS) is 21.4. The molecule has 2 unspecified atom stereocenters. The number of aliphatic hydroxyl groups excluding tert-OH is 1. The maximum Gasteiger partial charge on any atom is 0.255 e. The number of allylic oxidation sites excluding steroid dienone is 2. The largest absolute Gasteiger partial charge is 0.394 e. The van der Waals surface area contributed by atoms with E-state index in [1.807, 2.05) is 78.9 Å². The second-order valence-corrected chi connectivity index (χ2v) is 9.54. The van der Waals surface area contributed by atoms with Crippen LogP contribution in [0.3, 0.4) is 0 Å². The number of nitrogens with zero attached hydrogens (tertiary/aromatic N) is 1.